The van der Waals surface area contributed by atoms with Gasteiger partial charge in [-0.25, -0.2) is 0 Å². The second kappa shape index (κ2) is 8.61. The highest BCUT2D eigenvalue weighted by molar-refractivity contribution is 5.41. The summed E-state index contributed by atoms with van der Waals surface area (Å²) in [4.78, 5) is 2.14. The van der Waals surface area contributed by atoms with Gasteiger partial charge in [0.25, 0.3) is 0 Å². The van der Waals surface area contributed by atoms with Gasteiger partial charge in [0.15, 0.2) is 0 Å². The highest BCUT2D eigenvalue weighted by atomic mass is 16.5. The standard InChI is InChI=1S/C14H24N2O3/c1-16(2)7-5-15-6-8-19-14-10-12(17-3)9-13(11-14)18-4/h9-11,15H,5-8H2,1-4H3. The van der Waals surface area contributed by atoms with Gasteiger partial charge in [0, 0.05) is 37.8 Å². The maximum Gasteiger partial charge on any atom is 0.126 e. The van der Waals surface area contributed by atoms with E-state index in [4.69, 9.17) is 14.2 Å². The summed E-state index contributed by atoms with van der Waals surface area (Å²) in [6.45, 7) is 3.40. The van der Waals surface area contributed by atoms with Crippen molar-refractivity contribution in [2.45, 2.75) is 0 Å². The van der Waals surface area contributed by atoms with Gasteiger partial charge in [0.2, 0.25) is 0 Å². The zero-order valence-corrected chi connectivity index (χ0v) is 12.2. The summed E-state index contributed by atoms with van der Waals surface area (Å²) in [6.07, 6.45) is 0. The van der Waals surface area contributed by atoms with Crippen molar-refractivity contribution in [2.24, 2.45) is 0 Å². The smallest absolute Gasteiger partial charge is 0.126 e. The van der Waals surface area contributed by atoms with E-state index in [1.165, 1.54) is 0 Å². The average molecular weight is 268 g/mol. The Hall–Kier alpha value is -1.46. The van der Waals surface area contributed by atoms with Gasteiger partial charge < -0.3 is 24.4 Å². The first kappa shape index (κ1) is 15.6. The molecule has 5 nitrogen and oxygen atoms in total. The first-order chi connectivity index (χ1) is 9.15. The number of hydrogen-bond donors (Lipinski definition) is 1. The lowest BCUT2D eigenvalue weighted by atomic mass is 10.3. The van der Waals surface area contributed by atoms with Gasteiger partial charge in [0.1, 0.15) is 23.9 Å². The van der Waals surface area contributed by atoms with Crippen LogP contribution in [0.3, 0.4) is 0 Å². The minimum absolute atomic E-state index is 0.615. The molecule has 1 N–H and O–H groups in total. The van der Waals surface area contributed by atoms with Crippen LogP contribution in [0.4, 0.5) is 0 Å². The van der Waals surface area contributed by atoms with E-state index in [9.17, 15) is 0 Å². The fourth-order valence-corrected chi connectivity index (χ4v) is 1.53. The maximum absolute atomic E-state index is 5.66. The third kappa shape index (κ3) is 6.31. The first-order valence-electron chi connectivity index (χ1n) is 6.37. The summed E-state index contributed by atoms with van der Waals surface area (Å²) >= 11 is 0. The number of ether oxygens (including phenoxy) is 3. The van der Waals surface area contributed by atoms with Crippen molar-refractivity contribution < 1.29 is 14.2 Å². The maximum atomic E-state index is 5.66. The topological polar surface area (TPSA) is 43.0 Å². The molecule has 0 aliphatic rings. The zero-order valence-electron chi connectivity index (χ0n) is 12.2. The molecule has 0 bridgehead atoms. The van der Waals surface area contributed by atoms with Crippen molar-refractivity contribution in [2.75, 3.05) is 54.6 Å². The predicted molar refractivity (Wildman–Crippen MR) is 76.5 cm³/mol. The molecule has 0 atom stereocenters. The summed E-state index contributed by atoms with van der Waals surface area (Å²) in [7, 11) is 7.37. The third-order valence-electron chi connectivity index (χ3n) is 2.61. The largest absolute Gasteiger partial charge is 0.496 e. The normalized spacial score (nSPS) is 10.6. The molecule has 0 spiro atoms. The molecule has 0 aliphatic heterocycles. The predicted octanol–water partition coefficient (Wildman–Crippen LogP) is 1.23. The lowest BCUT2D eigenvalue weighted by molar-refractivity contribution is 0.303. The van der Waals surface area contributed by atoms with E-state index >= 15 is 0 Å². The van der Waals surface area contributed by atoms with Crippen LogP contribution < -0.4 is 19.5 Å². The van der Waals surface area contributed by atoms with Crippen molar-refractivity contribution in [1.82, 2.24) is 10.2 Å². The van der Waals surface area contributed by atoms with E-state index in [2.05, 4.69) is 24.3 Å². The van der Waals surface area contributed by atoms with Crippen LogP contribution in [-0.2, 0) is 0 Å². The first-order valence-corrected chi connectivity index (χ1v) is 6.37. The Bertz CT molecular complexity index is 347. The Morgan fingerprint density at radius 2 is 1.53 bits per heavy atom. The summed E-state index contributed by atoms with van der Waals surface area (Å²) in [5.74, 6) is 2.22. The van der Waals surface area contributed by atoms with E-state index < -0.39 is 0 Å². The van der Waals surface area contributed by atoms with Crippen molar-refractivity contribution in [3.63, 3.8) is 0 Å². The van der Waals surface area contributed by atoms with Crippen LogP contribution in [-0.4, -0.2) is 59.5 Å². The Kier molecular flexibility index (Phi) is 7.07. The van der Waals surface area contributed by atoms with Crippen LogP contribution in [0.15, 0.2) is 18.2 Å². The molecular formula is C14H24N2O3. The summed E-state index contributed by atoms with van der Waals surface area (Å²) in [5.41, 5.74) is 0. The molecule has 0 radical (unpaired) electrons. The van der Waals surface area contributed by atoms with Crippen molar-refractivity contribution in [3.05, 3.63) is 18.2 Å². The molecule has 1 aromatic rings. The minimum atomic E-state index is 0.615. The molecule has 0 saturated heterocycles. The molecule has 0 fully saturated rings. The Balaban J connectivity index is 2.32. The van der Waals surface area contributed by atoms with Gasteiger partial charge in [-0.05, 0) is 14.1 Å². The SMILES string of the molecule is COc1cc(OC)cc(OCCNCCN(C)C)c1. The molecule has 1 aromatic carbocycles. The zero-order chi connectivity index (χ0) is 14.1. The number of rotatable bonds is 9. The molecule has 0 unspecified atom stereocenters. The monoisotopic (exact) mass is 268 g/mol. The molecule has 0 saturated carbocycles. The molecule has 0 heterocycles. The van der Waals surface area contributed by atoms with Crippen LogP contribution in [0, 0.1) is 0 Å². The van der Waals surface area contributed by atoms with Gasteiger partial charge in [-0.15, -0.1) is 0 Å². The van der Waals surface area contributed by atoms with Gasteiger partial charge in [0.05, 0.1) is 14.2 Å². The number of likely N-dealkylation sites (N-methyl/N-ethyl adjacent to an activating group) is 1. The van der Waals surface area contributed by atoms with Gasteiger partial charge >= 0.3 is 0 Å². The highest BCUT2D eigenvalue weighted by Gasteiger charge is 2.02. The van der Waals surface area contributed by atoms with E-state index in [0.717, 1.165) is 36.9 Å². The Morgan fingerprint density at radius 3 is 2.05 bits per heavy atom. The summed E-state index contributed by atoms with van der Waals surface area (Å²) in [5, 5.41) is 3.32. The third-order valence-corrected chi connectivity index (χ3v) is 2.61. The molecule has 108 valence electrons. The lowest BCUT2D eigenvalue weighted by Crippen LogP contribution is -2.29. The molecule has 19 heavy (non-hydrogen) atoms. The van der Waals surface area contributed by atoms with E-state index in [1.807, 2.05) is 18.2 Å². The number of hydrogen-bond acceptors (Lipinski definition) is 5. The number of nitrogens with zero attached hydrogens (tertiary/aromatic N) is 1. The molecular weight excluding hydrogens is 244 g/mol. The van der Waals surface area contributed by atoms with Crippen LogP contribution in [0.2, 0.25) is 0 Å². The van der Waals surface area contributed by atoms with Crippen LogP contribution in [0.1, 0.15) is 0 Å². The summed E-state index contributed by atoms with van der Waals surface area (Å²) < 4.78 is 16.0. The second-order valence-electron chi connectivity index (χ2n) is 4.45. The number of benzene rings is 1. The van der Waals surface area contributed by atoms with Gasteiger partial charge in [-0.1, -0.05) is 0 Å². The molecule has 0 aliphatic carbocycles. The van der Waals surface area contributed by atoms with Crippen molar-refractivity contribution >= 4 is 0 Å². The van der Waals surface area contributed by atoms with Gasteiger partial charge in [-0.3, -0.25) is 0 Å². The lowest BCUT2D eigenvalue weighted by Gasteiger charge is -2.12. The quantitative estimate of drug-likeness (QED) is 0.682. The second-order valence-corrected chi connectivity index (χ2v) is 4.45. The van der Waals surface area contributed by atoms with Crippen LogP contribution >= 0.6 is 0 Å². The van der Waals surface area contributed by atoms with Crippen molar-refractivity contribution in [3.8, 4) is 17.2 Å². The fourth-order valence-electron chi connectivity index (χ4n) is 1.53. The average Bonchev–Trinajstić information content (AvgIpc) is 2.41. The van der Waals surface area contributed by atoms with E-state index in [-0.39, 0.29) is 0 Å². The Labute approximate surface area is 115 Å². The summed E-state index contributed by atoms with van der Waals surface area (Å²) in [6, 6.07) is 5.52. The molecule has 1 rings (SSSR count). The fraction of sp³-hybridized carbons (Fsp3) is 0.571. The minimum Gasteiger partial charge on any atom is -0.496 e. The van der Waals surface area contributed by atoms with Gasteiger partial charge in [-0.2, -0.15) is 0 Å². The van der Waals surface area contributed by atoms with Crippen LogP contribution in [0.25, 0.3) is 0 Å². The number of methoxy groups -OCH3 is 2. The van der Waals surface area contributed by atoms with Crippen LogP contribution in [0.5, 0.6) is 17.2 Å². The van der Waals surface area contributed by atoms with E-state index in [0.29, 0.717) is 6.61 Å². The Morgan fingerprint density at radius 1 is 0.947 bits per heavy atom. The van der Waals surface area contributed by atoms with Crippen molar-refractivity contribution in [1.29, 1.82) is 0 Å². The molecule has 0 amide bonds. The molecule has 5 heteroatoms. The highest BCUT2D eigenvalue weighted by Crippen LogP contribution is 2.27. The molecule has 0 aromatic heterocycles. The number of nitrogens with one attached hydrogen (secondary N) is 1. The van der Waals surface area contributed by atoms with E-state index in [1.54, 1.807) is 14.2 Å².